The molecule has 0 aromatic heterocycles. The number of hydrogen-bond donors (Lipinski definition) is 3. The standard InChI is InChI=1S/C14H18ClN3O3/c1-18-5-4-10(8-18)16-7-13(19)17-12-6-9(14(20)21)2-3-11(12)15/h2-3,6,10,16H,4-5,7-8H2,1H3,(H,17,19)(H,20,21). The molecule has 1 aliphatic rings. The summed E-state index contributed by atoms with van der Waals surface area (Å²) in [4.78, 5) is 25.0. The molecule has 114 valence electrons. The molecular formula is C14H18ClN3O3. The molecule has 1 fully saturated rings. The first-order valence-electron chi connectivity index (χ1n) is 6.70. The number of carbonyl (C=O) groups is 2. The Hall–Kier alpha value is -1.63. The van der Waals surface area contributed by atoms with Gasteiger partial charge in [-0.1, -0.05) is 11.6 Å². The van der Waals surface area contributed by atoms with Crippen LogP contribution in [0.15, 0.2) is 18.2 Å². The number of nitrogens with one attached hydrogen (secondary N) is 2. The van der Waals surface area contributed by atoms with Crippen LogP contribution in [-0.2, 0) is 4.79 Å². The third-order valence-electron chi connectivity index (χ3n) is 3.43. The average molecular weight is 312 g/mol. The molecule has 21 heavy (non-hydrogen) atoms. The molecule has 1 saturated heterocycles. The second kappa shape index (κ2) is 6.89. The first kappa shape index (κ1) is 15.8. The van der Waals surface area contributed by atoms with E-state index in [9.17, 15) is 9.59 Å². The van der Waals surface area contributed by atoms with Crippen LogP contribution in [0.25, 0.3) is 0 Å². The largest absolute Gasteiger partial charge is 0.478 e. The number of nitrogens with zero attached hydrogens (tertiary/aromatic N) is 1. The van der Waals surface area contributed by atoms with Crippen molar-refractivity contribution in [3.63, 3.8) is 0 Å². The Morgan fingerprint density at radius 3 is 2.86 bits per heavy atom. The van der Waals surface area contributed by atoms with E-state index < -0.39 is 5.97 Å². The number of amides is 1. The maximum absolute atomic E-state index is 11.9. The van der Waals surface area contributed by atoms with Gasteiger partial charge in [0.05, 0.1) is 22.8 Å². The molecule has 1 atom stereocenters. The molecule has 0 aliphatic carbocycles. The number of aromatic carboxylic acids is 1. The number of carboxylic acid groups (broad SMARTS) is 1. The summed E-state index contributed by atoms with van der Waals surface area (Å²) >= 11 is 5.96. The van der Waals surface area contributed by atoms with Crippen LogP contribution in [0.1, 0.15) is 16.8 Å². The van der Waals surface area contributed by atoms with Crippen molar-refractivity contribution < 1.29 is 14.7 Å². The van der Waals surface area contributed by atoms with Crippen molar-refractivity contribution in [2.45, 2.75) is 12.5 Å². The summed E-state index contributed by atoms with van der Waals surface area (Å²) in [5.74, 6) is -1.30. The lowest BCUT2D eigenvalue weighted by atomic mass is 10.2. The Balaban J connectivity index is 1.90. The van der Waals surface area contributed by atoms with Crippen molar-refractivity contribution in [3.8, 4) is 0 Å². The number of hydrogen-bond acceptors (Lipinski definition) is 4. The minimum absolute atomic E-state index is 0.0834. The van der Waals surface area contributed by atoms with E-state index in [2.05, 4.69) is 15.5 Å². The molecule has 1 aromatic rings. The van der Waals surface area contributed by atoms with E-state index in [1.165, 1.54) is 18.2 Å². The zero-order valence-corrected chi connectivity index (χ0v) is 12.5. The zero-order valence-electron chi connectivity index (χ0n) is 11.7. The second-order valence-corrected chi connectivity index (χ2v) is 5.58. The lowest BCUT2D eigenvalue weighted by Crippen LogP contribution is -2.37. The number of anilines is 1. The normalized spacial score (nSPS) is 18.7. The molecule has 1 aromatic carbocycles. The fraction of sp³-hybridized carbons (Fsp3) is 0.429. The first-order valence-corrected chi connectivity index (χ1v) is 7.08. The highest BCUT2D eigenvalue weighted by Gasteiger charge is 2.19. The van der Waals surface area contributed by atoms with Crippen molar-refractivity contribution in [3.05, 3.63) is 28.8 Å². The Bertz CT molecular complexity index is 550. The summed E-state index contributed by atoms with van der Waals surface area (Å²) in [6.45, 7) is 2.11. The van der Waals surface area contributed by atoms with Gasteiger partial charge >= 0.3 is 5.97 Å². The summed E-state index contributed by atoms with van der Waals surface area (Å²) in [5.41, 5.74) is 0.395. The van der Waals surface area contributed by atoms with E-state index in [1.54, 1.807) is 0 Å². The van der Waals surface area contributed by atoms with Gasteiger partial charge in [-0.3, -0.25) is 4.79 Å². The van der Waals surface area contributed by atoms with Gasteiger partial charge in [0, 0.05) is 12.6 Å². The molecule has 1 amide bonds. The maximum atomic E-state index is 11.9. The van der Waals surface area contributed by atoms with E-state index >= 15 is 0 Å². The highest BCUT2D eigenvalue weighted by atomic mass is 35.5. The van der Waals surface area contributed by atoms with Crippen LogP contribution in [0.3, 0.4) is 0 Å². The van der Waals surface area contributed by atoms with E-state index in [4.69, 9.17) is 16.7 Å². The fourth-order valence-corrected chi connectivity index (χ4v) is 2.45. The van der Waals surface area contributed by atoms with Gasteiger partial charge in [-0.25, -0.2) is 4.79 Å². The van der Waals surface area contributed by atoms with Gasteiger partial charge < -0.3 is 20.6 Å². The number of likely N-dealkylation sites (tertiary alicyclic amines) is 1. The van der Waals surface area contributed by atoms with Crippen LogP contribution < -0.4 is 10.6 Å². The lowest BCUT2D eigenvalue weighted by molar-refractivity contribution is -0.115. The average Bonchev–Trinajstić information content (AvgIpc) is 2.84. The van der Waals surface area contributed by atoms with Gasteiger partial charge in [-0.2, -0.15) is 0 Å². The van der Waals surface area contributed by atoms with Crippen molar-refractivity contribution >= 4 is 29.2 Å². The quantitative estimate of drug-likeness (QED) is 0.763. The molecule has 0 saturated carbocycles. The van der Waals surface area contributed by atoms with E-state index in [0.717, 1.165) is 19.5 Å². The number of rotatable bonds is 5. The third kappa shape index (κ3) is 4.42. The number of carboxylic acids is 1. The molecule has 1 aliphatic heterocycles. The van der Waals surface area contributed by atoms with E-state index in [1.807, 2.05) is 7.05 Å². The fourth-order valence-electron chi connectivity index (χ4n) is 2.29. The molecule has 6 nitrogen and oxygen atoms in total. The maximum Gasteiger partial charge on any atom is 0.335 e. The van der Waals surface area contributed by atoms with Crippen LogP contribution in [-0.4, -0.2) is 54.6 Å². The van der Waals surface area contributed by atoms with Crippen LogP contribution in [0.5, 0.6) is 0 Å². The van der Waals surface area contributed by atoms with Gasteiger partial charge in [0.15, 0.2) is 0 Å². The molecule has 3 N–H and O–H groups in total. The first-order chi connectivity index (χ1) is 9.95. The molecule has 0 spiro atoms. The minimum atomic E-state index is -1.06. The van der Waals surface area contributed by atoms with Crippen LogP contribution in [0.4, 0.5) is 5.69 Å². The zero-order chi connectivity index (χ0) is 15.4. The number of halogens is 1. The Morgan fingerprint density at radius 2 is 2.24 bits per heavy atom. The predicted molar refractivity (Wildman–Crippen MR) is 80.9 cm³/mol. The van der Waals surface area contributed by atoms with Crippen molar-refractivity contribution in [1.29, 1.82) is 0 Å². The molecule has 7 heteroatoms. The summed E-state index contributed by atoms with van der Waals surface area (Å²) in [6.07, 6.45) is 1.01. The Kier molecular flexibility index (Phi) is 5.17. The monoisotopic (exact) mass is 311 g/mol. The molecule has 1 heterocycles. The van der Waals surface area contributed by atoms with Gasteiger partial charge in [0.2, 0.25) is 5.91 Å². The van der Waals surface area contributed by atoms with Crippen molar-refractivity contribution in [2.24, 2.45) is 0 Å². The highest BCUT2D eigenvalue weighted by Crippen LogP contribution is 2.23. The predicted octanol–water partition coefficient (Wildman–Crippen LogP) is 1.27. The topological polar surface area (TPSA) is 81.7 Å². The molecular weight excluding hydrogens is 294 g/mol. The minimum Gasteiger partial charge on any atom is -0.478 e. The SMILES string of the molecule is CN1CCC(NCC(=O)Nc2cc(C(=O)O)ccc2Cl)C1. The van der Waals surface area contributed by atoms with Gasteiger partial charge in [0.1, 0.15) is 0 Å². The van der Waals surface area contributed by atoms with Gasteiger partial charge in [0.25, 0.3) is 0 Å². The lowest BCUT2D eigenvalue weighted by Gasteiger charge is -2.13. The van der Waals surface area contributed by atoms with Crippen molar-refractivity contribution in [2.75, 3.05) is 32.0 Å². The molecule has 2 rings (SSSR count). The number of carbonyl (C=O) groups excluding carboxylic acids is 1. The van der Waals surface area contributed by atoms with Crippen LogP contribution >= 0.6 is 11.6 Å². The van der Waals surface area contributed by atoms with Gasteiger partial charge in [-0.05, 0) is 38.2 Å². The second-order valence-electron chi connectivity index (χ2n) is 5.18. The highest BCUT2D eigenvalue weighted by molar-refractivity contribution is 6.33. The van der Waals surface area contributed by atoms with E-state index in [-0.39, 0.29) is 18.0 Å². The van der Waals surface area contributed by atoms with Crippen LogP contribution in [0.2, 0.25) is 5.02 Å². The third-order valence-corrected chi connectivity index (χ3v) is 3.76. The molecule has 0 radical (unpaired) electrons. The summed E-state index contributed by atoms with van der Waals surface area (Å²) in [7, 11) is 2.04. The van der Waals surface area contributed by atoms with Crippen LogP contribution in [0, 0.1) is 0 Å². The van der Waals surface area contributed by atoms with Crippen molar-refractivity contribution in [1.82, 2.24) is 10.2 Å². The summed E-state index contributed by atoms with van der Waals surface area (Å²) in [6, 6.07) is 4.51. The Labute approximate surface area is 128 Å². The van der Waals surface area contributed by atoms with E-state index in [0.29, 0.717) is 16.8 Å². The smallest absolute Gasteiger partial charge is 0.335 e. The van der Waals surface area contributed by atoms with Gasteiger partial charge in [-0.15, -0.1) is 0 Å². The molecule has 1 unspecified atom stereocenters. The number of likely N-dealkylation sites (N-methyl/N-ethyl adjacent to an activating group) is 1. The summed E-state index contributed by atoms with van der Waals surface area (Å²) in [5, 5.41) is 15.1. The Morgan fingerprint density at radius 1 is 1.48 bits per heavy atom. The molecule has 0 bridgehead atoms. The number of benzene rings is 1. The summed E-state index contributed by atoms with van der Waals surface area (Å²) < 4.78 is 0.